The van der Waals surface area contributed by atoms with Crippen molar-refractivity contribution >= 4 is 27.4 Å². The highest BCUT2D eigenvalue weighted by Crippen LogP contribution is 2.26. The molecule has 0 amide bonds. The molecule has 0 spiro atoms. The SMILES string of the molecule is Cc1c(C(=O)O)cc(Cl)cc1S(=O)(=O)CCOC(F)(F)F. The van der Waals surface area contributed by atoms with Crippen LogP contribution in [-0.2, 0) is 14.6 Å². The van der Waals surface area contributed by atoms with E-state index in [0.29, 0.717) is 0 Å². The van der Waals surface area contributed by atoms with Crippen LogP contribution in [0.25, 0.3) is 0 Å². The number of halogens is 4. The van der Waals surface area contributed by atoms with Gasteiger partial charge in [-0.1, -0.05) is 11.6 Å². The van der Waals surface area contributed by atoms with Crippen molar-refractivity contribution in [1.29, 1.82) is 0 Å². The zero-order valence-corrected chi connectivity index (χ0v) is 12.1. The molecule has 0 heterocycles. The van der Waals surface area contributed by atoms with Crippen molar-refractivity contribution in [2.75, 3.05) is 12.4 Å². The molecule has 0 atom stereocenters. The van der Waals surface area contributed by atoms with Gasteiger partial charge in [0.15, 0.2) is 9.84 Å². The number of sulfone groups is 1. The minimum atomic E-state index is -4.94. The van der Waals surface area contributed by atoms with Gasteiger partial charge in [0.2, 0.25) is 0 Å². The third-order valence-electron chi connectivity index (χ3n) is 2.51. The molecule has 1 aromatic carbocycles. The number of benzene rings is 1. The number of ether oxygens (including phenoxy) is 1. The van der Waals surface area contributed by atoms with E-state index < -0.39 is 39.4 Å². The van der Waals surface area contributed by atoms with Gasteiger partial charge in [-0.05, 0) is 24.6 Å². The first-order valence-electron chi connectivity index (χ1n) is 5.41. The van der Waals surface area contributed by atoms with Gasteiger partial charge in [0.05, 0.1) is 22.8 Å². The van der Waals surface area contributed by atoms with Gasteiger partial charge >= 0.3 is 12.3 Å². The van der Waals surface area contributed by atoms with Crippen LogP contribution in [0.3, 0.4) is 0 Å². The molecule has 0 aliphatic carbocycles. The van der Waals surface area contributed by atoms with E-state index in [1.807, 2.05) is 0 Å². The largest absolute Gasteiger partial charge is 0.522 e. The maximum absolute atomic E-state index is 12.0. The van der Waals surface area contributed by atoms with Gasteiger partial charge in [-0.15, -0.1) is 13.2 Å². The average Bonchev–Trinajstić information content (AvgIpc) is 2.29. The molecule has 0 fully saturated rings. The Morgan fingerprint density at radius 2 is 1.95 bits per heavy atom. The van der Waals surface area contributed by atoms with Gasteiger partial charge in [0.1, 0.15) is 0 Å². The van der Waals surface area contributed by atoms with Crippen LogP contribution in [0.15, 0.2) is 17.0 Å². The molecule has 10 heteroatoms. The Morgan fingerprint density at radius 3 is 2.43 bits per heavy atom. The Hall–Kier alpha value is -1.32. The van der Waals surface area contributed by atoms with Crippen molar-refractivity contribution in [2.45, 2.75) is 18.2 Å². The highest BCUT2D eigenvalue weighted by Gasteiger charge is 2.30. The predicted molar refractivity (Wildman–Crippen MR) is 67.2 cm³/mol. The second kappa shape index (κ2) is 6.20. The highest BCUT2D eigenvalue weighted by molar-refractivity contribution is 7.91. The molecule has 118 valence electrons. The lowest BCUT2D eigenvalue weighted by atomic mass is 10.1. The smallest absolute Gasteiger partial charge is 0.478 e. The fourth-order valence-corrected chi connectivity index (χ4v) is 3.26. The summed E-state index contributed by atoms with van der Waals surface area (Å²) in [6, 6.07) is 2.05. The molecule has 0 aliphatic heterocycles. The normalized spacial score (nSPS) is 12.4. The molecule has 0 aromatic heterocycles. The number of rotatable bonds is 5. The molecule has 0 radical (unpaired) electrons. The summed E-state index contributed by atoms with van der Waals surface area (Å²) in [5.74, 6) is -2.34. The molecule has 0 bridgehead atoms. The Morgan fingerprint density at radius 1 is 1.38 bits per heavy atom. The van der Waals surface area contributed by atoms with Crippen molar-refractivity contribution in [2.24, 2.45) is 0 Å². The lowest BCUT2D eigenvalue weighted by Crippen LogP contribution is -2.21. The van der Waals surface area contributed by atoms with Gasteiger partial charge in [-0.25, -0.2) is 13.2 Å². The molecule has 0 aliphatic rings. The molecule has 1 aromatic rings. The summed E-state index contributed by atoms with van der Waals surface area (Å²) in [4.78, 5) is 10.5. The monoisotopic (exact) mass is 346 g/mol. The highest BCUT2D eigenvalue weighted by atomic mass is 35.5. The molecule has 0 saturated heterocycles. The number of carbonyl (C=O) groups is 1. The third-order valence-corrected chi connectivity index (χ3v) is 4.52. The first-order valence-corrected chi connectivity index (χ1v) is 7.44. The van der Waals surface area contributed by atoms with Gasteiger partial charge in [0.25, 0.3) is 0 Å². The van der Waals surface area contributed by atoms with Crippen LogP contribution >= 0.6 is 11.6 Å². The summed E-state index contributed by atoms with van der Waals surface area (Å²) < 4.78 is 62.8. The number of hydrogen-bond donors (Lipinski definition) is 1. The lowest BCUT2D eigenvalue weighted by Gasteiger charge is -2.12. The van der Waals surface area contributed by atoms with E-state index in [-0.39, 0.29) is 16.1 Å². The number of alkyl halides is 3. The standard InChI is InChI=1S/C11H10ClF3O5S/c1-6-8(10(16)17)4-7(12)5-9(6)21(18,19)3-2-20-11(13,14)15/h4-5H,2-3H2,1H3,(H,16,17). The molecular formula is C11H10ClF3O5S. The minimum absolute atomic E-state index is 0.0982. The Labute approximate surface area is 123 Å². The van der Waals surface area contributed by atoms with Crippen LogP contribution in [0.1, 0.15) is 15.9 Å². The van der Waals surface area contributed by atoms with Gasteiger partial charge in [-0.3, -0.25) is 4.74 Å². The fourth-order valence-electron chi connectivity index (χ4n) is 1.58. The van der Waals surface area contributed by atoms with Crippen LogP contribution < -0.4 is 0 Å². The molecule has 1 N–H and O–H groups in total. The second-order valence-corrected chi connectivity index (χ2v) is 6.51. The number of aromatic carboxylic acids is 1. The second-order valence-electron chi connectivity index (χ2n) is 3.99. The van der Waals surface area contributed by atoms with Gasteiger partial charge in [0, 0.05) is 5.02 Å². The number of hydrogen-bond acceptors (Lipinski definition) is 4. The fraction of sp³-hybridized carbons (Fsp3) is 0.364. The van der Waals surface area contributed by atoms with E-state index in [9.17, 15) is 26.4 Å². The molecule has 1 rings (SSSR count). The Kier molecular flexibility index (Phi) is 5.24. The van der Waals surface area contributed by atoms with E-state index >= 15 is 0 Å². The summed E-state index contributed by atoms with van der Waals surface area (Å²) in [6.07, 6.45) is -4.94. The quantitative estimate of drug-likeness (QED) is 0.886. The van der Waals surface area contributed by atoms with Crippen molar-refractivity contribution < 1.29 is 36.2 Å². The van der Waals surface area contributed by atoms with Crippen LogP contribution in [0.2, 0.25) is 5.02 Å². The van der Waals surface area contributed by atoms with E-state index in [0.717, 1.165) is 12.1 Å². The number of carboxylic acids is 1. The summed E-state index contributed by atoms with van der Waals surface area (Å²) in [6.45, 7) is 0.136. The lowest BCUT2D eigenvalue weighted by molar-refractivity contribution is -0.322. The van der Waals surface area contributed by atoms with Crippen LogP contribution in [0.4, 0.5) is 13.2 Å². The van der Waals surface area contributed by atoms with Crippen molar-refractivity contribution in [1.82, 2.24) is 0 Å². The first-order chi connectivity index (χ1) is 9.44. The van der Waals surface area contributed by atoms with Crippen LogP contribution in [0.5, 0.6) is 0 Å². The first kappa shape index (κ1) is 17.7. The maximum Gasteiger partial charge on any atom is 0.522 e. The zero-order chi connectivity index (χ0) is 16.4. The third kappa shape index (κ3) is 4.87. The molecule has 5 nitrogen and oxygen atoms in total. The van der Waals surface area contributed by atoms with Crippen molar-refractivity contribution in [3.05, 3.63) is 28.3 Å². The average molecular weight is 347 g/mol. The van der Waals surface area contributed by atoms with E-state index in [4.69, 9.17) is 16.7 Å². The summed E-state index contributed by atoms with van der Waals surface area (Å²) in [5, 5.41) is 8.79. The van der Waals surface area contributed by atoms with E-state index in [2.05, 4.69) is 4.74 Å². The Balaban J connectivity index is 3.12. The summed E-state index contributed by atoms with van der Waals surface area (Å²) in [7, 11) is -4.16. The predicted octanol–water partition coefficient (Wildman–Crippen LogP) is 2.66. The minimum Gasteiger partial charge on any atom is -0.478 e. The van der Waals surface area contributed by atoms with E-state index in [1.165, 1.54) is 6.92 Å². The summed E-state index contributed by atoms with van der Waals surface area (Å²) in [5.41, 5.74) is -0.434. The van der Waals surface area contributed by atoms with Crippen LogP contribution in [0, 0.1) is 6.92 Å². The summed E-state index contributed by atoms with van der Waals surface area (Å²) >= 11 is 5.64. The molecule has 0 unspecified atom stereocenters. The zero-order valence-electron chi connectivity index (χ0n) is 10.6. The molecule has 0 saturated carbocycles. The van der Waals surface area contributed by atoms with Crippen molar-refractivity contribution in [3.8, 4) is 0 Å². The molecular weight excluding hydrogens is 337 g/mol. The molecule has 21 heavy (non-hydrogen) atoms. The maximum atomic E-state index is 12.0. The van der Waals surface area contributed by atoms with Gasteiger partial charge < -0.3 is 5.11 Å². The van der Waals surface area contributed by atoms with E-state index in [1.54, 1.807) is 0 Å². The van der Waals surface area contributed by atoms with Crippen LogP contribution in [-0.4, -0.2) is 38.2 Å². The number of carboxylic acid groups (broad SMARTS) is 1. The van der Waals surface area contributed by atoms with Gasteiger partial charge in [-0.2, -0.15) is 0 Å². The Bertz CT molecular complexity index is 655. The van der Waals surface area contributed by atoms with Crippen molar-refractivity contribution in [3.63, 3.8) is 0 Å². The topological polar surface area (TPSA) is 80.7 Å².